The number of aryl methyl sites for hydroxylation is 1. The molecule has 1 aromatic carbocycles. The molecule has 0 atom stereocenters. The molecule has 1 heterocycles. The topological polar surface area (TPSA) is 135 Å². The first-order chi connectivity index (χ1) is 11.2. The van der Waals surface area contributed by atoms with Gasteiger partial charge in [0, 0.05) is 18.0 Å². The fraction of sp³-hybridized carbons (Fsp3) is 0.0714. The smallest absolute Gasteiger partial charge is 0.348 e. The lowest BCUT2D eigenvalue weighted by Crippen LogP contribution is -2.13. The van der Waals surface area contributed by atoms with Crippen molar-refractivity contribution in [2.24, 2.45) is 10.1 Å². The minimum absolute atomic E-state index is 0.00210. The van der Waals surface area contributed by atoms with Crippen LogP contribution in [-0.2, 0) is 10.0 Å². The number of sulfonamides is 1. The highest BCUT2D eigenvalue weighted by Crippen LogP contribution is 2.14. The predicted molar refractivity (Wildman–Crippen MR) is 93.0 cm³/mol. The number of anilines is 1. The van der Waals surface area contributed by atoms with Crippen LogP contribution in [0.1, 0.15) is 11.3 Å². The molecule has 4 N–H and O–H groups in total. The standard InChI is InChI=1S/C14H13N3O5S2/c1-8-6-12(18)11(13(19)22-8)7-16-14(23)17-9-2-4-10(5-3-9)24(15,20)21/h2-7,18H,1H3,(H,17,23)(H2,15,20,21). The number of hydrogen-bond donors (Lipinski definition) is 3. The van der Waals surface area contributed by atoms with Gasteiger partial charge in [-0.3, -0.25) is 0 Å². The van der Waals surface area contributed by atoms with E-state index < -0.39 is 15.6 Å². The van der Waals surface area contributed by atoms with Crippen molar-refractivity contribution in [3.8, 4) is 5.75 Å². The minimum atomic E-state index is -3.77. The SMILES string of the molecule is Cc1cc(O)c(C=NC(=S)Nc2ccc(S(N)(=O)=O)cc2)c(=O)o1. The summed E-state index contributed by atoms with van der Waals surface area (Å²) in [7, 11) is -3.77. The van der Waals surface area contributed by atoms with Gasteiger partial charge < -0.3 is 14.8 Å². The Morgan fingerprint density at radius 2 is 2.00 bits per heavy atom. The van der Waals surface area contributed by atoms with Gasteiger partial charge in [-0.2, -0.15) is 0 Å². The van der Waals surface area contributed by atoms with Crippen LogP contribution in [0.5, 0.6) is 5.75 Å². The van der Waals surface area contributed by atoms with Crippen LogP contribution in [0, 0.1) is 6.92 Å². The third-order valence-corrected chi connectivity index (χ3v) is 3.97. The van der Waals surface area contributed by atoms with Crippen LogP contribution < -0.4 is 16.1 Å². The molecular weight excluding hydrogens is 354 g/mol. The number of hydrogen-bond acceptors (Lipinski definition) is 6. The molecule has 0 aliphatic rings. The number of aliphatic imine (C=N–C) groups is 1. The first-order valence-corrected chi connectivity index (χ1v) is 8.44. The van der Waals surface area contributed by atoms with Crippen molar-refractivity contribution < 1.29 is 17.9 Å². The summed E-state index contributed by atoms with van der Waals surface area (Å²) in [6.07, 6.45) is 1.08. The van der Waals surface area contributed by atoms with Crippen molar-refractivity contribution in [1.82, 2.24) is 0 Å². The molecule has 2 rings (SSSR count). The summed E-state index contributed by atoms with van der Waals surface area (Å²) < 4.78 is 27.2. The molecule has 2 aromatic rings. The molecule has 0 radical (unpaired) electrons. The number of aromatic hydroxyl groups is 1. The second-order valence-corrected chi connectivity index (χ2v) is 6.65. The minimum Gasteiger partial charge on any atom is -0.507 e. The Morgan fingerprint density at radius 3 is 2.54 bits per heavy atom. The molecule has 0 aliphatic heterocycles. The Morgan fingerprint density at radius 1 is 1.38 bits per heavy atom. The van der Waals surface area contributed by atoms with Crippen molar-refractivity contribution >= 4 is 39.3 Å². The molecule has 0 amide bonds. The van der Waals surface area contributed by atoms with Gasteiger partial charge in [-0.1, -0.05) is 0 Å². The van der Waals surface area contributed by atoms with Gasteiger partial charge in [0.25, 0.3) is 0 Å². The lowest BCUT2D eigenvalue weighted by Gasteiger charge is -2.05. The summed E-state index contributed by atoms with van der Waals surface area (Å²) in [4.78, 5) is 15.4. The van der Waals surface area contributed by atoms with Crippen molar-refractivity contribution in [2.75, 3.05) is 5.32 Å². The van der Waals surface area contributed by atoms with Crippen LogP contribution in [0.3, 0.4) is 0 Å². The van der Waals surface area contributed by atoms with Crippen LogP contribution in [0.2, 0.25) is 0 Å². The molecule has 0 fully saturated rings. The Kier molecular flexibility index (Phi) is 5.12. The molecule has 0 spiro atoms. The highest BCUT2D eigenvalue weighted by molar-refractivity contribution is 7.89. The number of benzene rings is 1. The van der Waals surface area contributed by atoms with E-state index in [9.17, 15) is 18.3 Å². The summed E-state index contributed by atoms with van der Waals surface area (Å²) in [5.74, 6) is -0.00176. The normalized spacial score (nSPS) is 11.6. The average molecular weight is 367 g/mol. The van der Waals surface area contributed by atoms with Gasteiger partial charge in [-0.05, 0) is 43.4 Å². The molecule has 24 heavy (non-hydrogen) atoms. The first-order valence-electron chi connectivity index (χ1n) is 6.48. The van der Waals surface area contributed by atoms with Crippen molar-refractivity contribution in [2.45, 2.75) is 11.8 Å². The van der Waals surface area contributed by atoms with Crippen molar-refractivity contribution in [3.63, 3.8) is 0 Å². The number of nitrogens with two attached hydrogens (primary N) is 1. The zero-order chi connectivity index (χ0) is 17.9. The van der Waals surface area contributed by atoms with Gasteiger partial charge in [0.2, 0.25) is 10.0 Å². The molecule has 0 bridgehead atoms. The van der Waals surface area contributed by atoms with E-state index in [2.05, 4.69) is 10.3 Å². The van der Waals surface area contributed by atoms with Gasteiger partial charge in [-0.25, -0.2) is 23.3 Å². The van der Waals surface area contributed by atoms with Crippen LogP contribution >= 0.6 is 12.2 Å². The second-order valence-electron chi connectivity index (χ2n) is 4.70. The van der Waals surface area contributed by atoms with Crippen molar-refractivity contribution in [3.05, 3.63) is 52.1 Å². The van der Waals surface area contributed by atoms with E-state index in [0.717, 1.165) is 6.21 Å². The maximum atomic E-state index is 11.6. The van der Waals surface area contributed by atoms with Crippen LogP contribution in [0.15, 0.2) is 49.4 Å². The largest absolute Gasteiger partial charge is 0.507 e. The summed E-state index contributed by atoms with van der Waals surface area (Å²) in [6, 6.07) is 6.82. The summed E-state index contributed by atoms with van der Waals surface area (Å²) in [5.41, 5.74) is -0.393. The predicted octanol–water partition coefficient (Wildman–Crippen LogP) is 1.12. The van der Waals surface area contributed by atoms with Crippen LogP contribution in [-0.4, -0.2) is 24.9 Å². The Bertz CT molecular complexity index is 963. The van der Waals surface area contributed by atoms with Crippen LogP contribution in [0.4, 0.5) is 5.69 Å². The van der Waals surface area contributed by atoms with Gasteiger partial charge >= 0.3 is 5.63 Å². The van der Waals surface area contributed by atoms with Gasteiger partial charge in [0.15, 0.2) is 5.11 Å². The van der Waals surface area contributed by atoms with E-state index in [4.69, 9.17) is 21.8 Å². The second kappa shape index (κ2) is 6.91. The molecule has 0 unspecified atom stereocenters. The molecule has 1 aromatic heterocycles. The lowest BCUT2D eigenvalue weighted by atomic mass is 10.2. The van der Waals surface area contributed by atoms with E-state index in [0.29, 0.717) is 5.69 Å². The fourth-order valence-corrected chi connectivity index (χ4v) is 2.42. The average Bonchev–Trinajstić information content (AvgIpc) is 2.45. The molecule has 8 nitrogen and oxygen atoms in total. The van der Waals surface area contributed by atoms with E-state index in [1.807, 2.05) is 0 Å². The van der Waals surface area contributed by atoms with E-state index in [-0.39, 0.29) is 27.1 Å². The van der Waals surface area contributed by atoms with Crippen molar-refractivity contribution in [1.29, 1.82) is 0 Å². The van der Waals surface area contributed by atoms with Gasteiger partial charge in [0.05, 0.1) is 4.90 Å². The zero-order valence-corrected chi connectivity index (χ0v) is 14.0. The molecule has 10 heteroatoms. The molecule has 0 saturated heterocycles. The van der Waals surface area contributed by atoms with E-state index in [1.165, 1.54) is 37.3 Å². The maximum Gasteiger partial charge on any atom is 0.348 e. The summed E-state index contributed by atoms with van der Waals surface area (Å²) in [5, 5.41) is 17.4. The molecule has 0 aliphatic carbocycles. The monoisotopic (exact) mass is 367 g/mol. The molecular formula is C14H13N3O5S2. The van der Waals surface area contributed by atoms with E-state index in [1.54, 1.807) is 0 Å². The summed E-state index contributed by atoms with van der Waals surface area (Å²) in [6.45, 7) is 1.53. The number of primary sulfonamides is 1. The number of rotatable bonds is 3. The number of nitrogens with one attached hydrogen (secondary N) is 1. The quantitative estimate of drug-likeness (QED) is 0.546. The highest BCUT2D eigenvalue weighted by atomic mass is 32.2. The third kappa shape index (κ3) is 4.47. The van der Waals surface area contributed by atoms with E-state index >= 15 is 0 Å². The Hall–Kier alpha value is -2.56. The molecule has 126 valence electrons. The number of nitrogens with zero attached hydrogens (tertiary/aromatic N) is 1. The lowest BCUT2D eigenvalue weighted by molar-refractivity contribution is 0.433. The number of thiocarbonyl (C=S) groups is 1. The Labute approximate surface area is 142 Å². The van der Waals surface area contributed by atoms with Gasteiger partial charge in [-0.15, -0.1) is 0 Å². The summed E-state index contributed by atoms with van der Waals surface area (Å²) >= 11 is 4.99. The third-order valence-electron chi connectivity index (χ3n) is 2.83. The fourth-order valence-electron chi connectivity index (χ4n) is 1.73. The first kappa shape index (κ1) is 17.8. The Balaban J connectivity index is 2.13. The molecule has 0 saturated carbocycles. The zero-order valence-electron chi connectivity index (χ0n) is 12.4. The highest BCUT2D eigenvalue weighted by Gasteiger charge is 2.08. The van der Waals surface area contributed by atoms with Crippen LogP contribution in [0.25, 0.3) is 0 Å². The van der Waals surface area contributed by atoms with Gasteiger partial charge in [0.1, 0.15) is 17.1 Å². The maximum absolute atomic E-state index is 11.6.